The van der Waals surface area contributed by atoms with Crippen molar-refractivity contribution in [1.82, 2.24) is 14.8 Å². The average molecular weight is 298 g/mol. The minimum atomic E-state index is 0.534. The molecule has 0 N–H and O–H groups in total. The third-order valence-electron chi connectivity index (χ3n) is 2.28. The van der Waals surface area contributed by atoms with Crippen LogP contribution in [0.25, 0.3) is 0 Å². The van der Waals surface area contributed by atoms with Gasteiger partial charge in [0.1, 0.15) is 5.69 Å². The first-order valence-corrected chi connectivity index (χ1v) is 5.77. The van der Waals surface area contributed by atoms with Crippen LogP contribution < -0.4 is 9.47 Å². The van der Waals surface area contributed by atoms with E-state index in [9.17, 15) is 0 Å². The van der Waals surface area contributed by atoms with Crippen LogP contribution >= 0.6 is 15.9 Å². The van der Waals surface area contributed by atoms with Gasteiger partial charge in [0.05, 0.1) is 31.4 Å². The van der Waals surface area contributed by atoms with Crippen LogP contribution in [0.2, 0.25) is 0 Å². The van der Waals surface area contributed by atoms with Crippen molar-refractivity contribution in [1.29, 1.82) is 0 Å². The first-order valence-electron chi connectivity index (χ1n) is 4.98. The summed E-state index contributed by atoms with van der Waals surface area (Å²) < 4.78 is 13.2. The number of nitrogens with zero attached hydrogens (tertiary/aromatic N) is 3. The zero-order chi connectivity index (χ0) is 12.3. The van der Waals surface area contributed by atoms with Crippen molar-refractivity contribution >= 4 is 15.9 Å². The molecule has 0 bridgehead atoms. The van der Waals surface area contributed by atoms with Crippen LogP contribution in [0.3, 0.4) is 0 Å². The molecule has 2 heterocycles. The molecular weight excluding hydrogens is 286 g/mol. The van der Waals surface area contributed by atoms with Gasteiger partial charge in [-0.2, -0.15) is 5.10 Å². The Hall–Kier alpha value is -1.56. The highest BCUT2D eigenvalue weighted by molar-refractivity contribution is 9.10. The Balaban J connectivity index is 2.32. The fraction of sp³-hybridized carbons (Fsp3) is 0.273. The first-order chi connectivity index (χ1) is 8.24. The Morgan fingerprint density at radius 3 is 2.76 bits per heavy atom. The maximum Gasteiger partial charge on any atom is 0.184 e. The second kappa shape index (κ2) is 5.18. The normalized spacial score (nSPS) is 10.3. The van der Waals surface area contributed by atoms with Gasteiger partial charge in [0.25, 0.3) is 0 Å². The second-order valence-electron chi connectivity index (χ2n) is 3.35. The summed E-state index contributed by atoms with van der Waals surface area (Å²) in [6.07, 6.45) is 5.29. The molecule has 0 unspecified atom stereocenters. The first kappa shape index (κ1) is 11.9. The number of hydrogen-bond donors (Lipinski definition) is 0. The van der Waals surface area contributed by atoms with E-state index in [0.29, 0.717) is 18.0 Å². The van der Waals surface area contributed by atoms with Crippen molar-refractivity contribution in [3.8, 4) is 11.5 Å². The number of rotatable bonds is 4. The molecule has 0 aliphatic rings. The van der Waals surface area contributed by atoms with E-state index in [1.165, 1.54) is 0 Å². The maximum absolute atomic E-state index is 5.31. The quantitative estimate of drug-likeness (QED) is 0.867. The smallest absolute Gasteiger partial charge is 0.184 e. The van der Waals surface area contributed by atoms with Crippen LogP contribution in [0.1, 0.15) is 5.69 Å². The van der Waals surface area contributed by atoms with E-state index in [2.05, 4.69) is 26.0 Å². The molecule has 0 radical (unpaired) electrons. The lowest BCUT2D eigenvalue weighted by Gasteiger charge is -2.11. The lowest BCUT2D eigenvalue weighted by atomic mass is 10.3. The molecule has 0 aliphatic heterocycles. The summed E-state index contributed by atoms with van der Waals surface area (Å²) in [5, 5.41) is 4.18. The lowest BCUT2D eigenvalue weighted by molar-refractivity contribution is 0.348. The molecule has 0 atom stereocenters. The molecular formula is C11H12BrN3O2. The lowest BCUT2D eigenvalue weighted by Crippen LogP contribution is -2.05. The van der Waals surface area contributed by atoms with Gasteiger partial charge in [0.2, 0.25) is 0 Å². The summed E-state index contributed by atoms with van der Waals surface area (Å²) in [5.41, 5.74) is 0.780. The topological polar surface area (TPSA) is 49.2 Å². The minimum absolute atomic E-state index is 0.534. The van der Waals surface area contributed by atoms with Gasteiger partial charge in [-0.3, -0.25) is 9.67 Å². The maximum atomic E-state index is 5.31. The number of hydrogen-bond acceptors (Lipinski definition) is 4. The van der Waals surface area contributed by atoms with Crippen LogP contribution in [0.4, 0.5) is 0 Å². The highest BCUT2D eigenvalue weighted by Crippen LogP contribution is 2.29. The van der Waals surface area contributed by atoms with E-state index < -0.39 is 0 Å². The SMILES string of the molecule is COc1ccnc(Cn2cc(Br)cn2)c1OC. The predicted octanol–water partition coefficient (Wildman–Crippen LogP) is 2.11. The molecule has 0 amide bonds. The van der Waals surface area contributed by atoms with Crippen LogP contribution in [0.5, 0.6) is 11.5 Å². The van der Waals surface area contributed by atoms with Crippen LogP contribution in [-0.2, 0) is 6.54 Å². The van der Waals surface area contributed by atoms with Crippen molar-refractivity contribution < 1.29 is 9.47 Å². The third-order valence-corrected chi connectivity index (χ3v) is 2.69. The van der Waals surface area contributed by atoms with Crippen molar-refractivity contribution in [3.05, 3.63) is 34.8 Å². The molecule has 2 rings (SSSR count). The van der Waals surface area contributed by atoms with Crippen molar-refractivity contribution in [2.45, 2.75) is 6.54 Å². The number of halogens is 1. The molecule has 90 valence electrons. The van der Waals surface area contributed by atoms with Gasteiger partial charge in [-0.25, -0.2) is 0 Å². The Kier molecular flexibility index (Phi) is 3.63. The fourth-order valence-electron chi connectivity index (χ4n) is 1.54. The molecule has 6 heteroatoms. The molecule has 17 heavy (non-hydrogen) atoms. The molecule has 2 aromatic heterocycles. The number of pyridine rings is 1. The standard InChI is InChI=1S/C11H12BrN3O2/c1-16-10-3-4-13-9(11(10)17-2)7-15-6-8(12)5-14-15/h3-6H,7H2,1-2H3. The Morgan fingerprint density at radius 1 is 1.35 bits per heavy atom. The van der Waals surface area contributed by atoms with Gasteiger partial charge < -0.3 is 9.47 Å². The van der Waals surface area contributed by atoms with E-state index in [4.69, 9.17) is 9.47 Å². The molecule has 0 aliphatic carbocycles. The highest BCUT2D eigenvalue weighted by atomic mass is 79.9. The summed E-state index contributed by atoms with van der Waals surface area (Å²) in [6, 6.07) is 1.77. The Bertz CT molecular complexity index is 513. The summed E-state index contributed by atoms with van der Waals surface area (Å²) >= 11 is 3.35. The predicted molar refractivity (Wildman–Crippen MR) is 66.4 cm³/mol. The summed E-state index contributed by atoms with van der Waals surface area (Å²) in [6.45, 7) is 0.534. The molecule has 0 saturated carbocycles. The summed E-state index contributed by atoms with van der Waals surface area (Å²) in [7, 11) is 3.20. The minimum Gasteiger partial charge on any atom is -0.493 e. The van der Waals surface area contributed by atoms with Gasteiger partial charge in [0.15, 0.2) is 11.5 Å². The number of methoxy groups -OCH3 is 2. The zero-order valence-electron chi connectivity index (χ0n) is 9.55. The van der Waals surface area contributed by atoms with E-state index in [1.54, 1.807) is 37.4 Å². The molecule has 2 aromatic rings. The Morgan fingerprint density at radius 2 is 2.18 bits per heavy atom. The summed E-state index contributed by atoms with van der Waals surface area (Å²) in [5.74, 6) is 1.31. The van der Waals surface area contributed by atoms with Crippen molar-refractivity contribution in [2.24, 2.45) is 0 Å². The number of ether oxygens (including phenoxy) is 2. The van der Waals surface area contributed by atoms with Crippen LogP contribution in [0, 0.1) is 0 Å². The molecule has 0 spiro atoms. The number of aromatic nitrogens is 3. The third kappa shape index (κ3) is 2.58. The Labute approximate surface area is 108 Å². The molecule has 0 saturated heterocycles. The van der Waals surface area contributed by atoms with Gasteiger partial charge in [-0.1, -0.05) is 0 Å². The van der Waals surface area contributed by atoms with Crippen molar-refractivity contribution in [2.75, 3.05) is 14.2 Å². The largest absolute Gasteiger partial charge is 0.493 e. The van der Waals surface area contributed by atoms with E-state index >= 15 is 0 Å². The monoisotopic (exact) mass is 297 g/mol. The van der Waals surface area contributed by atoms with Crippen LogP contribution in [0.15, 0.2) is 29.1 Å². The summed E-state index contributed by atoms with van der Waals surface area (Å²) in [4.78, 5) is 4.28. The van der Waals surface area contributed by atoms with Gasteiger partial charge >= 0.3 is 0 Å². The molecule has 0 aromatic carbocycles. The molecule has 0 fully saturated rings. The highest BCUT2D eigenvalue weighted by Gasteiger charge is 2.11. The molecule has 5 nitrogen and oxygen atoms in total. The fourth-order valence-corrected chi connectivity index (χ4v) is 1.87. The van der Waals surface area contributed by atoms with Crippen molar-refractivity contribution in [3.63, 3.8) is 0 Å². The van der Waals surface area contributed by atoms with Crippen LogP contribution in [-0.4, -0.2) is 29.0 Å². The zero-order valence-corrected chi connectivity index (χ0v) is 11.1. The average Bonchev–Trinajstić information content (AvgIpc) is 2.74. The van der Waals surface area contributed by atoms with Gasteiger partial charge in [-0.05, 0) is 15.9 Å². The second-order valence-corrected chi connectivity index (χ2v) is 4.26. The van der Waals surface area contributed by atoms with E-state index in [1.807, 2.05) is 6.20 Å². The van der Waals surface area contributed by atoms with E-state index in [-0.39, 0.29) is 0 Å². The van der Waals surface area contributed by atoms with E-state index in [0.717, 1.165) is 10.2 Å². The van der Waals surface area contributed by atoms with Gasteiger partial charge in [-0.15, -0.1) is 0 Å². The van der Waals surface area contributed by atoms with Gasteiger partial charge in [0, 0.05) is 18.5 Å².